The van der Waals surface area contributed by atoms with Crippen molar-refractivity contribution in [2.45, 2.75) is 6.54 Å². The quantitative estimate of drug-likeness (QED) is 0.372. The highest BCUT2D eigenvalue weighted by Gasteiger charge is 2.22. The third-order valence-electron chi connectivity index (χ3n) is 4.14. The number of benzene rings is 1. The molecule has 0 saturated carbocycles. The molecule has 3 N–H and O–H groups in total. The fourth-order valence-electron chi connectivity index (χ4n) is 2.80. The van der Waals surface area contributed by atoms with Gasteiger partial charge in [-0.2, -0.15) is 5.10 Å². The van der Waals surface area contributed by atoms with Gasteiger partial charge in [-0.25, -0.2) is 9.67 Å². The number of amides is 1. The molecule has 0 fully saturated rings. The third kappa shape index (κ3) is 4.43. The van der Waals surface area contributed by atoms with Crippen molar-refractivity contribution >= 4 is 62.3 Å². The number of carbonyl (C=O) groups excluding carboxylic acids is 1. The van der Waals surface area contributed by atoms with Crippen LogP contribution >= 0.6 is 50.7 Å². The minimum absolute atomic E-state index is 0.0764. The van der Waals surface area contributed by atoms with E-state index in [0.717, 1.165) is 0 Å². The second kappa shape index (κ2) is 8.93. The minimum atomic E-state index is -0.478. The Kier molecular flexibility index (Phi) is 6.26. The average molecular weight is 544 g/mol. The van der Waals surface area contributed by atoms with Crippen molar-refractivity contribution in [2.24, 2.45) is 5.73 Å². The van der Waals surface area contributed by atoms with Crippen molar-refractivity contribution in [1.82, 2.24) is 25.0 Å². The van der Waals surface area contributed by atoms with Crippen molar-refractivity contribution in [3.8, 4) is 17.3 Å². The summed E-state index contributed by atoms with van der Waals surface area (Å²) in [4.78, 5) is 17.3. The standard InChI is InChI=1S/C18H11BrCl3N7O2/c19-14-11(7-29(28-14)15-12(21)2-1-3-24-15)16(30)25-13-8(6-23)4-9(20)5-10(13)17-26-27-18(22)31-17/h1-5,7H,6,23H2,(H,25,30). The Morgan fingerprint density at radius 2 is 2.06 bits per heavy atom. The summed E-state index contributed by atoms with van der Waals surface area (Å²) in [6.45, 7) is 0.0923. The maximum Gasteiger partial charge on any atom is 0.313 e. The van der Waals surface area contributed by atoms with Crippen molar-refractivity contribution in [1.29, 1.82) is 0 Å². The van der Waals surface area contributed by atoms with Gasteiger partial charge < -0.3 is 15.5 Å². The number of anilines is 1. The molecule has 0 bridgehead atoms. The summed E-state index contributed by atoms with van der Waals surface area (Å²) in [6, 6.07) is 6.55. The Hall–Kier alpha value is -2.50. The maximum atomic E-state index is 13.1. The molecule has 3 heterocycles. The van der Waals surface area contributed by atoms with Gasteiger partial charge in [0.05, 0.1) is 21.8 Å². The summed E-state index contributed by atoms with van der Waals surface area (Å²) in [5.41, 5.74) is 7.38. The van der Waals surface area contributed by atoms with E-state index in [4.69, 9.17) is 45.0 Å². The molecular formula is C18H11BrCl3N7O2. The molecule has 4 aromatic rings. The first kappa shape index (κ1) is 21.7. The number of halogens is 4. The van der Waals surface area contributed by atoms with Gasteiger partial charge in [-0.05, 0) is 57.4 Å². The maximum absolute atomic E-state index is 13.1. The topological polar surface area (TPSA) is 125 Å². The molecule has 9 nitrogen and oxygen atoms in total. The van der Waals surface area contributed by atoms with Crippen LogP contribution in [0.3, 0.4) is 0 Å². The Bertz CT molecular complexity index is 1290. The van der Waals surface area contributed by atoms with Gasteiger partial charge in [0, 0.05) is 24.0 Å². The van der Waals surface area contributed by atoms with E-state index in [9.17, 15) is 4.79 Å². The molecule has 0 spiro atoms. The number of pyridine rings is 1. The van der Waals surface area contributed by atoms with Crippen LogP contribution in [0, 0.1) is 0 Å². The van der Waals surface area contributed by atoms with Crippen LogP contribution in [0.4, 0.5) is 5.69 Å². The van der Waals surface area contributed by atoms with Crippen LogP contribution in [0.25, 0.3) is 17.3 Å². The molecule has 0 aliphatic carbocycles. The lowest BCUT2D eigenvalue weighted by Gasteiger charge is -2.13. The smallest absolute Gasteiger partial charge is 0.313 e. The van der Waals surface area contributed by atoms with Crippen molar-refractivity contribution in [2.75, 3.05) is 5.32 Å². The molecule has 0 aliphatic heterocycles. The molecular weight excluding hydrogens is 533 g/mol. The highest BCUT2D eigenvalue weighted by Crippen LogP contribution is 2.35. The van der Waals surface area contributed by atoms with Crippen LogP contribution in [0.5, 0.6) is 0 Å². The molecule has 1 aromatic carbocycles. The minimum Gasteiger partial charge on any atom is -0.407 e. The molecule has 4 rings (SSSR count). The summed E-state index contributed by atoms with van der Waals surface area (Å²) in [6.07, 6.45) is 3.06. The number of nitrogens with two attached hydrogens (primary N) is 1. The normalized spacial score (nSPS) is 11.0. The number of hydrogen-bond acceptors (Lipinski definition) is 7. The van der Waals surface area contributed by atoms with Crippen LogP contribution in [0.1, 0.15) is 15.9 Å². The second-order valence-corrected chi connectivity index (χ2v) is 8.01. The predicted octanol–water partition coefficient (Wildman–Crippen LogP) is 4.75. The van der Waals surface area contributed by atoms with E-state index in [1.54, 1.807) is 30.5 Å². The number of hydrogen-bond donors (Lipinski definition) is 2. The van der Waals surface area contributed by atoms with Crippen molar-refractivity contribution in [3.63, 3.8) is 0 Å². The van der Waals surface area contributed by atoms with E-state index in [-0.39, 0.29) is 28.0 Å². The van der Waals surface area contributed by atoms with Gasteiger partial charge in [-0.15, -0.1) is 5.10 Å². The molecule has 0 saturated heterocycles. The van der Waals surface area contributed by atoms with Crippen molar-refractivity contribution < 1.29 is 9.21 Å². The third-order valence-corrected chi connectivity index (χ3v) is 5.40. The van der Waals surface area contributed by atoms with Gasteiger partial charge in [-0.3, -0.25) is 4.79 Å². The zero-order valence-corrected chi connectivity index (χ0v) is 19.2. The lowest BCUT2D eigenvalue weighted by molar-refractivity contribution is 0.102. The molecule has 0 radical (unpaired) electrons. The average Bonchev–Trinajstić information content (AvgIpc) is 3.34. The molecule has 0 atom stereocenters. The molecule has 13 heteroatoms. The molecule has 0 aliphatic rings. The highest BCUT2D eigenvalue weighted by molar-refractivity contribution is 9.10. The summed E-state index contributed by atoms with van der Waals surface area (Å²) in [5, 5.41) is 15.2. The van der Waals surface area contributed by atoms with Crippen molar-refractivity contribution in [3.05, 3.63) is 67.8 Å². The lowest BCUT2D eigenvalue weighted by atomic mass is 10.1. The molecule has 3 aromatic heterocycles. The largest absolute Gasteiger partial charge is 0.407 e. The summed E-state index contributed by atoms with van der Waals surface area (Å²) in [5.74, 6) is -0.0270. The fraction of sp³-hybridized carbons (Fsp3) is 0.0556. The second-order valence-electron chi connectivity index (χ2n) is 6.09. The van der Waals surface area contributed by atoms with E-state index in [1.165, 1.54) is 10.9 Å². The zero-order valence-electron chi connectivity index (χ0n) is 15.3. The van der Waals surface area contributed by atoms with Crippen LogP contribution in [0.15, 0.2) is 45.7 Å². The molecule has 0 unspecified atom stereocenters. The first-order chi connectivity index (χ1) is 14.9. The Morgan fingerprint density at radius 1 is 1.26 bits per heavy atom. The first-order valence-electron chi connectivity index (χ1n) is 8.56. The fourth-order valence-corrected chi connectivity index (χ4v) is 3.81. The number of nitrogens with one attached hydrogen (secondary N) is 1. The van der Waals surface area contributed by atoms with Crippen LogP contribution in [-0.2, 0) is 6.54 Å². The van der Waals surface area contributed by atoms with Crippen LogP contribution in [0.2, 0.25) is 15.4 Å². The number of aromatic nitrogens is 5. The van der Waals surface area contributed by atoms with E-state index in [0.29, 0.717) is 32.7 Å². The molecule has 31 heavy (non-hydrogen) atoms. The number of nitrogens with zero attached hydrogens (tertiary/aromatic N) is 5. The van der Waals surface area contributed by atoms with Gasteiger partial charge in [0.1, 0.15) is 4.60 Å². The highest BCUT2D eigenvalue weighted by atomic mass is 79.9. The van der Waals surface area contributed by atoms with E-state index in [2.05, 4.69) is 41.5 Å². The lowest BCUT2D eigenvalue weighted by Crippen LogP contribution is -2.15. The van der Waals surface area contributed by atoms with E-state index >= 15 is 0 Å². The number of carbonyl (C=O) groups is 1. The van der Waals surface area contributed by atoms with Gasteiger partial charge in [0.2, 0.25) is 0 Å². The SMILES string of the molecule is NCc1cc(Cl)cc(-c2nnc(Cl)o2)c1NC(=O)c1cn(-c2ncccc2Cl)nc1Br. The van der Waals surface area contributed by atoms with Gasteiger partial charge in [-0.1, -0.05) is 28.3 Å². The van der Waals surface area contributed by atoms with Gasteiger partial charge in [0.15, 0.2) is 5.82 Å². The Balaban J connectivity index is 1.74. The molecule has 1 amide bonds. The Labute approximate surface area is 198 Å². The van der Waals surface area contributed by atoms with Gasteiger partial charge in [0.25, 0.3) is 11.8 Å². The van der Waals surface area contributed by atoms with Crippen LogP contribution in [-0.4, -0.2) is 30.9 Å². The summed E-state index contributed by atoms with van der Waals surface area (Å²) >= 11 is 21.4. The summed E-state index contributed by atoms with van der Waals surface area (Å²) in [7, 11) is 0. The monoisotopic (exact) mass is 541 g/mol. The summed E-state index contributed by atoms with van der Waals surface area (Å²) < 4.78 is 6.98. The molecule has 158 valence electrons. The Morgan fingerprint density at radius 3 is 2.74 bits per heavy atom. The van der Waals surface area contributed by atoms with E-state index in [1.807, 2.05) is 0 Å². The first-order valence-corrected chi connectivity index (χ1v) is 10.5. The van der Waals surface area contributed by atoms with E-state index < -0.39 is 5.91 Å². The van der Waals surface area contributed by atoms with Crippen LogP contribution < -0.4 is 11.1 Å². The van der Waals surface area contributed by atoms with Gasteiger partial charge >= 0.3 is 5.35 Å². The predicted molar refractivity (Wildman–Crippen MR) is 120 cm³/mol. The zero-order chi connectivity index (χ0) is 22.1. The number of rotatable bonds is 5.